The highest BCUT2D eigenvalue weighted by molar-refractivity contribution is 6.10. The first-order valence-corrected chi connectivity index (χ1v) is 9.23. The summed E-state index contributed by atoms with van der Waals surface area (Å²) in [5, 5.41) is 32.3. The SMILES string of the molecule is N#C/C(=C/c1ccc(OCc2ccc(F)cc2)cc1)C(=O)Nc1ccc([N+](=O)[O-])cc1O. The highest BCUT2D eigenvalue weighted by atomic mass is 19.1. The number of nitro benzene ring substituents is 1. The number of hydrogen-bond donors (Lipinski definition) is 2. The fourth-order valence-corrected chi connectivity index (χ4v) is 2.65. The lowest BCUT2D eigenvalue weighted by Gasteiger charge is -2.08. The molecule has 2 N–H and O–H groups in total. The predicted octanol–water partition coefficient (Wildman–Crippen LogP) is 4.56. The van der Waals surface area contributed by atoms with Gasteiger partial charge in [-0.3, -0.25) is 14.9 Å². The van der Waals surface area contributed by atoms with Crippen molar-refractivity contribution < 1.29 is 24.0 Å². The van der Waals surface area contributed by atoms with E-state index in [9.17, 15) is 29.7 Å². The van der Waals surface area contributed by atoms with E-state index in [-0.39, 0.29) is 29.4 Å². The number of nitriles is 1. The number of carbonyl (C=O) groups excluding carboxylic acids is 1. The smallest absolute Gasteiger partial charge is 0.273 e. The molecule has 9 heteroatoms. The van der Waals surface area contributed by atoms with Gasteiger partial charge in [0.1, 0.15) is 35.6 Å². The van der Waals surface area contributed by atoms with Gasteiger partial charge in [-0.15, -0.1) is 0 Å². The lowest BCUT2D eigenvalue weighted by molar-refractivity contribution is -0.384. The molecule has 0 aromatic heterocycles. The first kappa shape index (κ1) is 22.0. The van der Waals surface area contributed by atoms with E-state index in [0.717, 1.165) is 17.7 Å². The van der Waals surface area contributed by atoms with Gasteiger partial charge in [0.25, 0.3) is 11.6 Å². The average molecular weight is 433 g/mol. The summed E-state index contributed by atoms with van der Waals surface area (Å²) < 4.78 is 18.6. The molecule has 0 aliphatic heterocycles. The van der Waals surface area contributed by atoms with Crippen molar-refractivity contribution in [3.63, 3.8) is 0 Å². The number of phenols is 1. The van der Waals surface area contributed by atoms with Crippen LogP contribution in [-0.4, -0.2) is 15.9 Å². The van der Waals surface area contributed by atoms with Gasteiger partial charge in [0.2, 0.25) is 0 Å². The number of hydrogen-bond acceptors (Lipinski definition) is 6. The summed E-state index contributed by atoms with van der Waals surface area (Å²) in [4.78, 5) is 22.4. The Balaban J connectivity index is 1.66. The van der Waals surface area contributed by atoms with Crippen LogP contribution in [0.2, 0.25) is 0 Å². The van der Waals surface area contributed by atoms with Crippen LogP contribution in [0.4, 0.5) is 15.8 Å². The fraction of sp³-hybridized carbons (Fsp3) is 0.0435. The van der Waals surface area contributed by atoms with Gasteiger partial charge in [-0.25, -0.2) is 4.39 Å². The van der Waals surface area contributed by atoms with E-state index in [2.05, 4.69) is 5.32 Å². The van der Waals surface area contributed by atoms with Crippen molar-refractivity contribution in [2.75, 3.05) is 5.32 Å². The molecule has 3 rings (SSSR count). The third-order valence-electron chi connectivity index (χ3n) is 4.32. The zero-order valence-corrected chi connectivity index (χ0v) is 16.5. The first-order valence-electron chi connectivity index (χ1n) is 9.23. The molecule has 1 amide bonds. The largest absolute Gasteiger partial charge is 0.506 e. The molecule has 0 heterocycles. The number of nitrogens with one attached hydrogen (secondary N) is 1. The molecule has 32 heavy (non-hydrogen) atoms. The maximum atomic E-state index is 12.9. The van der Waals surface area contributed by atoms with Gasteiger partial charge in [0, 0.05) is 6.07 Å². The Morgan fingerprint density at radius 3 is 2.44 bits per heavy atom. The van der Waals surface area contributed by atoms with Crippen LogP contribution in [-0.2, 0) is 11.4 Å². The second-order valence-corrected chi connectivity index (χ2v) is 6.57. The number of nitro groups is 1. The molecule has 160 valence electrons. The number of ether oxygens (including phenoxy) is 1. The van der Waals surface area contributed by atoms with Gasteiger partial charge in [-0.2, -0.15) is 5.26 Å². The van der Waals surface area contributed by atoms with E-state index in [4.69, 9.17) is 4.74 Å². The highest BCUT2D eigenvalue weighted by Gasteiger charge is 2.15. The van der Waals surface area contributed by atoms with Crippen molar-refractivity contribution in [1.82, 2.24) is 0 Å². The average Bonchev–Trinajstić information content (AvgIpc) is 2.79. The molecule has 0 saturated heterocycles. The molecule has 3 aromatic carbocycles. The number of aromatic hydroxyl groups is 1. The molecular weight excluding hydrogens is 417 g/mol. The standard InChI is InChI=1S/C23H16FN3O5/c24-18-5-1-16(2-6-18)14-32-20-8-3-15(4-9-20)11-17(13-25)23(29)26-21-10-7-19(27(30)31)12-22(21)28/h1-12,28H,14H2,(H,26,29)/b17-11-. The molecule has 0 aliphatic carbocycles. The van der Waals surface area contributed by atoms with Crippen LogP contribution in [0.15, 0.2) is 72.3 Å². The Morgan fingerprint density at radius 2 is 1.84 bits per heavy atom. The normalized spacial score (nSPS) is 10.8. The van der Waals surface area contributed by atoms with Gasteiger partial charge in [-0.05, 0) is 47.5 Å². The van der Waals surface area contributed by atoms with Gasteiger partial charge >= 0.3 is 0 Å². The molecule has 8 nitrogen and oxygen atoms in total. The number of rotatable bonds is 7. The summed E-state index contributed by atoms with van der Waals surface area (Å²) in [5.41, 5.74) is 0.722. The van der Waals surface area contributed by atoms with E-state index < -0.39 is 16.6 Å². The number of amides is 1. The van der Waals surface area contributed by atoms with Crippen molar-refractivity contribution in [3.8, 4) is 17.6 Å². The van der Waals surface area contributed by atoms with Crippen LogP contribution in [0.5, 0.6) is 11.5 Å². The second kappa shape index (κ2) is 9.86. The minimum atomic E-state index is -0.784. The van der Waals surface area contributed by atoms with Crippen LogP contribution >= 0.6 is 0 Å². The van der Waals surface area contributed by atoms with E-state index >= 15 is 0 Å². The van der Waals surface area contributed by atoms with Gasteiger partial charge < -0.3 is 15.2 Å². The first-order chi connectivity index (χ1) is 15.4. The Bertz CT molecular complexity index is 1220. The van der Waals surface area contributed by atoms with Crippen molar-refractivity contribution in [2.24, 2.45) is 0 Å². The molecule has 0 radical (unpaired) electrons. The topological polar surface area (TPSA) is 125 Å². The van der Waals surface area contributed by atoms with Gasteiger partial charge in [-0.1, -0.05) is 24.3 Å². The van der Waals surface area contributed by atoms with Crippen LogP contribution in [0, 0.1) is 27.3 Å². The third kappa shape index (κ3) is 5.67. The Kier molecular flexibility index (Phi) is 6.78. The maximum Gasteiger partial charge on any atom is 0.273 e. The van der Waals surface area contributed by atoms with E-state index in [1.165, 1.54) is 24.3 Å². The Hall–Kier alpha value is -4.71. The van der Waals surface area contributed by atoms with E-state index in [0.29, 0.717) is 11.3 Å². The number of anilines is 1. The summed E-state index contributed by atoms with van der Waals surface area (Å²) in [5.74, 6) is -1.06. The van der Waals surface area contributed by atoms with Crippen molar-refractivity contribution in [3.05, 3.63) is 99.4 Å². The minimum absolute atomic E-state index is 0.0636. The summed E-state index contributed by atoms with van der Waals surface area (Å²) in [6.45, 7) is 0.250. The third-order valence-corrected chi connectivity index (χ3v) is 4.32. The van der Waals surface area contributed by atoms with Gasteiger partial charge in [0.15, 0.2) is 0 Å². The molecule has 0 fully saturated rings. The zero-order chi connectivity index (χ0) is 23.1. The lowest BCUT2D eigenvalue weighted by atomic mass is 10.1. The number of carbonyl (C=O) groups is 1. The van der Waals surface area contributed by atoms with Crippen molar-refractivity contribution in [1.29, 1.82) is 5.26 Å². The molecule has 0 spiro atoms. The summed E-state index contributed by atoms with van der Waals surface area (Å²) in [6.07, 6.45) is 1.35. The molecule has 0 aliphatic rings. The molecule has 0 saturated carbocycles. The zero-order valence-electron chi connectivity index (χ0n) is 16.5. The van der Waals surface area contributed by atoms with E-state index in [1.807, 2.05) is 0 Å². The number of benzene rings is 3. The number of halogens is 1. The van der Waals surface area contributed by atoms with Crippen LogP contribution in [0.3, 0.4) is 0 Å². The highest BCUT2D eigenvalue weighted by Crippen LogP contribution is 2.28. The van der Waals surface area contributed by atoms with Crippen molar-refractivity contribution >= 4 is 23.4 Å². The van der Waals surface area contributed by atoms with Crippen LogP contribution in [0.1, 0.15) is 11.1 Å². The van der Waals surface area contributed by atoms with E-state index in [1.54, 1.807) is 42.5 Å². The molecule has 3 aromatic rings. The minimum Gasteiger partial charge on any atom is -0.506 e. The second-order valence-electron chi connectivity index (χ2n) is 6.57. The number of nitrogens with zero attached hydrogens (tertiary/aromatic N) is 2. The molecule has 0 unspecified atom stereocenters. The Morgan fingerprint density at radius 1 is 1.16 bits per heavy atom. The van der Waals surface area contributed by atoms with Crippen LogP contribution < -0.4 is 10.1 Å². The predicted molar refractivity (Wildman–Crippen MR) is 114 cm³/mol. The monoisotopic (exact) mass is 433 g/mol. The number of phenolic OH excluding ortho intramolecular Hbond substituents is 1. The fourth-order valence-electron chi connectivity index (χ4n) is 2.65. The quantitative estimate of drug-likeness (QED) is 0.185. The maximum absolute atomic E-state index is 12.9. The number of non-ortho nitro benzene ring substituents is 1. The molecule has 0 bridgehead atoms. The van der Waals surface area contributed by atoms with Crippen molar-refractivity contribution in [2.45, 2.75) is 6.61 Å². The lowest BCUT2D eigenvalue weighted by Crippen LogP contribution is -2.13. The summed E-state index contributed by atoms with van der Waals surface area (Å²) >= 11 is 0. The summed E-state index contributed by atoms with van der Waals surface area (Å²) in [6, 6.07) is 17.5. The van der Waals surface area contributed by atoms with Gasteiger partial charge in [0.05, 0.1) is 16.7 Å². The van der Waals surface area contributed by atoms with Crippen LogP contribution in [0.25, 0.3) is 6.08 Å². The summed E-state index contributed by atoms with van der Waals surface area (Å²) in [7, 11) is 0. The molecular formula is C23H16FN3O5. The Labute approximate surface area is 182 Å². The molecule has 0 atom stereocenters.